The topological polar surface area (TPSA) is 81.2 Å². The fraction of sp³-hybridized carbons (Fsp3) is 0.769. The Bertz CT molecular complexity index is 397. The van der Waals surface area contributed by atoms with Crippen LogP contribution < -0.4 is 0 Å². The van der Waals surface area contributed by atoms with Crippen LogP contribution in [0.3, 0.4) is 0 Å². The predicted molar refractivity (Wildman–Crippen MR) is 73.2 cm³/mol. The van der Waals surface area contributed by atoms with Crippen molar-refractivity contribution in [3.05, 3.63) is 0 Å². The van der Waals surface area contributed by atoms with Gasteiger partial charge in [0.05, 0.1) is 5.92 Å². The summed E-state index contributed by atoms with van der Waals surface area (Å²) in [6.07, 6.45) is 0. The number of carboxylic acid groups (broad SMARTS) is 1. The quantitative estimate of drug-likeness (QED) is 0.798. The lowest BCUT2D eigenvalue weighted by Gasteiger charge is -2.27. The third-order valence-corrected chi connectivity index (χ3v) is 3.68. The number of hydrogen-bond acceptors (Lipinski definition) is 3. The van der Waals surface area contributed by atoms with Gasteiger partial charge in [-0.3, -0.25) is 9.59 Å². The Labute approximate surface area is 119 Å². The second-order valence-electron chi connectivity index (χ2n) is 5.41. The Hall–Kier alpha value is -1.79. The largest absolute Gasteiger partial charge is 0.481 e. The SMILES string of the molecule is CCN(CC(=O)N(C)C)C(=O)N1C[C@@H](C)[C@H](C(=O)O)C1. The Balaban J connectivity index is 2.68. The zero-order valence-corrected chi connectivity index (χ0v) is 12.5. The van der Waals surface area contributed by atoms with Crippen LogP contribution in [-0.2, 0) is 9.59 Å². The molecular weight excluding hydrogens is 262 g/mol. The summed E-state index contributed by atoms with van der Waals surface area (Å²) >= 11 is 0. The first kappa shape index (κ1) is 16.3. The lowest BCUT2D eigenvalue weighted by molar-refractivity contribution is -0.142. The van der Waals surface area contributed by atoms with Gasteiger partial charge in [-0.2, -0.15) is 0 Å². The minimum Gasteiger partial charge on any atom is -0.481 e. The minimum atomic E-state index is -0.875. The van der Waals surface area contributed by atoms with Crippen molar-refractivity contribution in [1.82, 2.24) is 14.7 Å². The zero-order valence-electron chi connectivity index (χ0n) is 12.5. The van der Waals surface area contributed by atoms with E-state index in [-0.39, 0.29) is 30.9 Å². The molecule has 0 aromatic rings. The second-order valence-corrected chi connectivity index (χ2v) is 5.41. The maximum atomic E-state index is 12.3. The molecule has 7 nitrogen and oxygen atoms in total. The highest BCUT2D eigenvalue weighted by atomic mass is 16.4. The van der Waals surface area contributed by atoms with E-state index in [2.05, 4.69) is 0 Å². The smallest absolute Gasteiger partial charge is 0.320 e. The van der Waals surface area contributed by atoms with Gasteiger partial charge < -0.3 is 19.8 Å². The molecule has 1 rings (SSSR count). The molecule has 0 spiro atoms. The highest BCUT2D eigenvalue weighted by Gasteiger charge is 2.38. The average molecular weight is 285 g/mol. The molecule has 114 valence electrons. The maximum absolute atomic E-state index is 12.3. The highest BCUT2D eigenvalue weighted by Crippen LogP contribution is 2.24. The number of hydrogen-bond donors (Lipinski definition) is 1. The van der Waals surface area contributed by atoms with Crippen LogP contribution in [-0.4, -0.2) is 78.0 Å². The van der Waals surface area contributed by atoms with Gasteiger partial charge in [0.1, 0.15) is 6.54 Å². The van der Waals surface area contributed by atoms with E-state index in [1.807, 2.05) is 6.92 Å². The Morgan fingerprint density at radius 1 is 1.25 bits per heavy atom. The third kappa shape index (κ3) is 3.61. The molecule has 0 unspecified atom stereocenters. The molecule has 1 fully saturated rings. The first-order valence-corrected chi connectivity index (χ1v) is 6.74. The molecule has 1 N–H and O–H groups in total. The van der Waals surface area contributed by atoms with E-state index >= 15 is 0 Å². The van der Waals surface area contributed by atoms with Crippen LogP contribution in [0.2, 0.25) is 0 Å². The normalized spacial score (nSPS) is 21.7. The van der Waals surface area contributed by atoms with Crippen molar-refractivity contribution in [1.29, 1.82) is 0 Å². The van der Waals surface area contributed by atoms with Crippen molar-refractivity contribution < 1.29 is 19.5 Å². The first-order valence-electron chi connectivity index (χ1n) is 6.74. The number of carbonyl (C=O) groups excluding carboxylic acids is 2. The summed E-state index contributed by atoms with van der Waals surface area (Å²) in [5.41, 5.74) is 0. The summed E-state index contributed by atoms with van der Waals surface area (Å²) in [5.74, 6) is -1.62. The van der Waals surface area contributed by atoms with Gasteiger partial charge in [-0.05, 0) is 12.8 Å². The van der Waals surface area contributed by atoms with E-state index in [1.165, 1.54) is 14.7 Å². The third-order valence-electron chi connectivity index (χ3n) is 3.68. The van der Waals surface area contributed by atoms with Crippen LogP contribution in [0.1, 0.15) is 13.8 Å². The minimum absolute atomic E-state index is 0.0188. The molecule has 1 aliphatic rings. The number of rotatable bonds is 4. The van der Waals surface area contributed by atoms with Crippen LogP contribution in [0.15, 0.2) is 0 Å². The van der Waals surface area contributed by atoms with Crippen LogP contribution in [0, 0.1) is 11.8 Å². The number of carboxylic acids is 1. The fourth-order valence-electron chi connectivity index (χ4n) is 2.26. The van der Waals surface area contributed by atoms with E-state index in [1.54, 1.807) is 21.0 Å². The summed E-state index contributed by atoms with van der Waals surface area (Å²) in [5, 5.41) is 9.08. The van der Waals surface area contributed by atoms with Gasteiger partial charge in [-0.15, -0.1) is 0 Å². The fourth-order valence-corrected chi connectivity index (χ4v) is 2.26. The number of nitrogens with zero attached hydrogens (tertiary/aromatic N) is 3. The number of likely N-dealkylation sites (N-methyl/N-ethyl adjacent to an activating group) is 2. The molecule has 0 saturated carbocycles. The van der Waals surface area contributed by atoms with Gasteiger partial charge in [-0.25, -0.2) is 4.79 Å². The molecule has 0 aromatic carbocycles. The van der Waals surface area contributed by atoms with E-state index < -0.39 is 11.9 Å². The zero-order chi connectivity index (χ0) is 15.4. The van der Waals surface area contributed by atoms with Crippen molar-refractivity contribution in [3.8, 4) is 0 Å². The molecule has 1 saturated heterocycles. The summed E-state index contributed by atoms with van der Waals surface area (Å²) in [7, 11) is 3.28. The number of carbonyl (C=O) groups is 3. The van der Waals surface area contributed by atoms with Crippen molar-refractivity contribution in [2.75, 3.05) is 40.3 Å². The van der Waals surface area contributed by atoms with Gasteiger partial charge in [-0.1, -0.05) is 6.92 Å². The number of aliphatic carboxylic acids is 1. The number of likely N-dealkylation sites (tertiary alicyclic amines) is 1. The lowest BCUT2D eigenvalue weighted by Crippen LogP contribution is -2.46. The van der Waals surface area contributed by atoms with Crippen molar-refractivity contribution in [3.63, 3.8) is 0 Å². The monoisotopic (exact) mass is 285 g/mol. The van der Waals surface area contributed by atoms with Gasteiger partial charge in [0, 0.05) is 33.7 Å². The lowest BCUT2D eigenvalue weighted by atomic mass is 9.99. The van der Waals surface area contributed by atoms with Gasteiger partial charge in [0.25, 0.3) is 0 Å². The van der Waals surface area contributed by atoms with Crippen LogP contribution in [0.4, 0.5) is 4.79 Å². The summed E-state index contributed by atoms with van der Waals surface area (Å²) in [6, 6.07) is -0.265. The van der Waals surface area contributed by atoms with Gasteiger partial charge >= 0.3 is 12.0 Å². The summed E-state index contributed by atoms with van der Waals surface area (Å²) < 4.78 is 0. The predicted octanol–water partition coefficient (Wildman–Crippen LogP) is 0.169. The Kier molecular flexibility index (Phi) is 5.35. The maximum Gasteiger partial charge on any atom is 0.320 e. The molecular formula is C13H23N3O4. The van der Waals surface area contributed by atoms with E-state index in [0.717, 1.165) is 0 Å². The van der Waals surface area contributed by atoms with Crippen molar-refractivity contribution >= 4 is 17.9 Å². The first-order chi connectivity index (χ1) is 9.27. The van der Waals surface area contributed by atoms with E-state index in [0.29, 0.717) is 13.1 Å². The average Bonchev–Trinajstić information content (AvgIpc) is 2.76. The molecule has 3 amide bonds. The summed E-state index contributed by atoms with van der Waals surface area (Å²) in [6.45, 7) is 4.69. The molecule has 1 heterocycles. The second kappa shape index (κ2) is 6.58. The van der Waals surface area contributed by atoms with E-state index in [9.17, 15) is 14.4 Å². The molecule has 0 aliphatic carbocycles. The van der Waals surface area contributed by atoms with Crippen molar-refractivity contribution in [2.24, 2.45) is 11.8 Å². The number of urea groups is 1. The Morgan fingerprint density at radius 2 is 1.85 bits per heavy atom. The molecule has 0 aromatic heterocycles. The molecule has 20 heavy (non-hydrogen) atoms. The molecule has 7 heteroatoms. The highest BCUT2D eigenvalue weighted by molar-refractivity contribution is 5.84. The Morgan fingerprint density at radius 3 is 2.25 bits per heavy atom. The van der Waals surface area contributed by atoms with Gasteiger partial charge in [0.2, 0.25) is 5.91 Å². The van der Waals surface area contributed by atoms with E-state index in [4.69, 9.17) is 5.11 Å². The number of amides is 3. The molecule has 1 aliphatic heterocycles. The molecule has 0 bridgehead atoms. The van der Waals surface area contributed by atoms with Crippen molar-refractivity contribution in [2.45, 2.75) is 13.8 Å². The van der Waals surface area contributed by atoms with Crippen LogP contribution in [0.5, 0.6) is 0 Å². The standard InChI is InChI=1S/C13H23N3O4/c1-5-15(8-11(17)14(3)4)13(20)16-6-9(2)10(7-16)12(18)19/h9-10H,5-8H2,1-4H3,(H,18,19)/t9-,10-/m1/s1. The van der Waals surface area contributed by atoms with Crippen LogP contribution >= 0.6 is 0 Å². The summed E-state index contributed by atoms with van der Waals surface area (Å²) in [4.78, 5) is 39.5. The van der Waals surface area contributed by atoms with Crippen LogP contribution in [0.25, 0.3) is 0 Å². The molecule has 0 radical (unpaired) electrons. The molecule has 2 atom stereocenters. The van der Waals surface area contributed by atoms with Gasteiger partial charge in [0.15, 0.2) is 0 Å².